The van der Waals surface area contributed by atoms with E-state index in [-0.39, 0.29) is 12.6 Å². The molecule has 3 aromatic rings. The summed E-state index contributed by atoms with van der Waals surface area (Å²) in [4.78, 5) is 1.53. The van der Waals surface area contributed by atoms with E-state index in [1.165, 1.54) is 11.1 Å². The van der Waals surface area contributed by atoms with E-state index in [2.05, 4.69) is 21.8 Å². The number of hydrogen-bond acceptors (Lipinski definition) is 3. The molecule has 0 saturated carbocycles. The van der Waals surface area contributed by atoms with E-state index in [1.807, 2.05) is 42.1 Å². The molecule has 158 valence electrons. The average molecular weight is 432 g/mol. The second-order valence-electron chi connectivity index (χ2n) is 7.48. The maximum atomic E-state index is 14.0. The van der Waals surface area contributed by atoms with Crippen LogP contribution in [0.1, 0.15) is 22.9 Å². The highest BCUT2D eigenvalue weighted by atomic mass is 32.2. The summed E-state index contributed by atoms with van der Waals surface area (Å²) in [5, 5.41) is 0. The van der Waals surface area contributed by atoms with Crippen LogP contribution >= 0.6 is 0 Å². The number of hydrogen-bond donors (Lipinski definition) is 1. The Hall–Kier alpha value is -2.55. The van der Waals surface area contributed by atoms with Gasteiger partial charge in [-0.1, -0.05) is 24.3 Å². The Kier molecular flexibility index (Phi) is 5.73. The predicted octanol–water partition coefficient (Wildman–Crippen LogP) is 3.38. The molecule has 1 aliphatic heterocycles. The van der Waals surface area contributed by atoms with Gasteiger partial charge in [-0.05, 0) is 47.9 Å². The van der Waals surface area contributed by atoms with Crippen molar-refractivity contribution in [3.05, 3.63) is 89.2 Å². The molecule has 0 radical (unpaired) electrons. The summed E-state index contributed by atoms with van der Waals surface area (Å²) in [5.74, 6) is -1.78. The number of nitrogens with zero attached hydrogens (tertiary/aromatic N) is 2. The van der Waals surface area contributed by atoms with Gasteiger partial charge in [-0.3, -0.25) is 4.90 Å². The maximum Gasteiger partial charge on any atom is 0.243 e. The number of rotatable bonds is 6. The van der Waals surface area contributed by atoms with Crippen molar-refractivity contribution in [2.75, 3.05) is 13.1 Å². The lowest BCUT2D eigenvalue weighted by Crippen LogP contribution is -2.41. The smallest absolute Gasteiger partial charge is 0.243 e. The topological polar surface area (TPSA) is 54.3 Å². The van der Waals surface area contributed by atoms with E-state index in [0.29, 0.717) is 12.6 Å². The number of halogens is 2. The van der Waals surface area contributed by atoms with E-state index in [0.717, 1.165) is 30.8 Å². The number of fused-ring (bicyclic) bond motifs is 1. The van der Waals surface area contributed by atoms with Crippen LogP contribution in [0, 0.1) is 11.6 Å². The van der Waals surface area contributed by atoms with Gasteiger partial charge in [0.15, 0.2) is 0 Å². The Labute approximate surface area is 175 Å². The first-order chi connectivity index (χ1) is 14.3. The molecule has 0 spiro atoms. The largest absolute Gasteiger partial charge is 0.353 e. The van der Waals surface area contributed by atoms with Gasteiger partial charge in [0.25, 0.3) is 0 Å². The Balaban J connectivity index is 1.60. The lowest BCUT2D eigenvalue weighted by Gasteiger charge is -2.36. The van der Waals surface area contributed by atoms with Crippen molar-refractivity contribution in [1.82, 2.24) is 14.2 Å². The molecule has 2 aromatic carbocycles. The van der Waals surface area contributed by atoms with Crippen molar-refractivity contribution in [2.45, 2.75) is 23.9 Å². The van der Waals surface area contributed by atoms with Crippen molar-refractivity contribution in [2.24, 2.45) is 7.05 Å². The molecule has 1 aromatic heterocycles. The fraction of sp³-hybridized carbons (Fsp3) is 0.273. The minimum atomic E-state index is -4.21. The number of benzene rings is 2. The molecular formula is C22H23F2N3O2S. The second kappa shape index (κ2) is 8.29. The third-order valence-corrected chi connectivity index (χ3v) is 7.01. The molecule has 1 aliphatic rings. The van der Waals surface area contributed by atoms with Crippen molar-refractivity contribution in [1.29, 1.82) is 0 Å². The van der Waals surface area contributed by atoms with Gasteiger partial charge in [0, 0.05) is 38.6 Å². The lowest BCUT2D eigenvalue weighted by atomic mass is 9.98. The summed E-state index contributed by atoms with van der Waals surface area (Å²) in [7, 11) is -2.31. The van der Waals surface area contributed by atoms with Gasteiger partial charge in [0.1, 0.15) is 16.5 Å². The summed E-state index contributed by atoms with van der Waals surface area (Å²) in [6.07, 6.45) is 2.77. The number of sulfonamides is 1. The highest BCUT2D eigenvalue weighted by Gasteiger charge is 2.29. The standard InChI is InChI=1S/C22H23F2N3O2S/c1-26-11-4-7-20(26)21(27-12-10-16-5-2-3-6-17(16)15-27)14-25-30(28,29)22-13-18(23)8-9-19(22)24/h2-9,11,13,21,25H,10,12,14-15H2,1H3/t21-/m0/s1. The van der Waals surface area contributed by atoms with Crippen molar-refractivity contribution >= 4 is 10.0 Å². The van der Waals surface area contributed by atoms with E-state index < -0.39 is 26.6 Å². The average Bonchev–Trinajstić information content (AvgIpc) is 3.15. The summed E-state index contributed by atoms with van der Waals surface area (Å²) < 4.78 is 57.4. The van der Waals surface area contributed by atoms with Crippen molar-refractivity contribution in [3.63, 3.8) is 0 Å². The van der Waals surface area contributed by atoms with E-state index in [4.69, 9.17) is 0 Å². The monoisotopic (exact) mass is 431 g/mol. The molecule has 0 saturated heterocycles. The molecule has 0 fully saturated rings. The van der Waals surface area contributed by atoms with Crippen LogP contribution in [0.25, 0.3) is 0 Å². The Morgan fingerprint density at radius 1 is 1.07 bits per heavy atom. The van der Waals surface area contributed by atoms with Gasteiger partial charge < -0.3 is 4.57 Å². The lowest BCUT2D eigenvalue weighted by molar-refractivity contribution is 0.174. The summed E-state index contributed by atoms with van der Waals surface area (Å²) in [6, 6.07) is 14.2. The Bertz CT molecular complexity index is 1160. The Morgan fingerprint density at radius 2 is 1.83 bits per heavy atom. The van der Waals surface area contributed by atoms with E-state index in [9.17, 15) is 17.2 Å². The molecule has 1 N–H and O–H groups in total. The first-order valence-electron chi connectivity index (χ1n) is 9.72. The summed E-state index contributed by atoms with van der Waals surface area (Å²) in [6.45, 7) is 1.49. The van der Waals surface area contributed by atoms with Gasteiger partial charge >= 0.3 is 0 Å². The molecule has 4 rings (SSSR count). The normalized spacial score (nSPS) is 15.7. The van der Waals surface area contributed by atoms with Crippen LogP contribution < -0.4 is 4.72 Å². The zero-order valence-corrected chi connectivity index (χ0v) is 17.4. The van der Waals surface area contributed by atoms with Crippen molar-refractivity contribution < 1.29 is 17.2 Å². The summed E-state index contributed by atoms with van der Waals surface area (Å²) in [5.41, 5.74) is 3.44. The third-order valence-electron chi connectivity index (χ3n) is 5.58. The predicted molar refractivity (Wildman–Crippen MR) is 110 cm³/mol. The van der Waals surface area contributed by atoms with Gasteiger partial charge in [-0.15, -0.1) is 0 Å². The van der Waals surface area contributed by atoms with Crippen LogP contribution in [0.15, 0.2) is 65.7 Å². The van der Waals surface area contributed by atoms with E-state index in [1.54, 1.807) is 0 Å². The van der Waals surface area contributed by atoms with Gasteiger partial charge in [-0.2, -0.15) is 0 Å². The molecule has 0 bridgehead atoms. The molecule has 30 heavy (non-hydrogen) atoms. The van der Waals surface area contributed by atoms with E-state index >= 15 is 0 Å². The van der Waals surface area contributed by atoms with Crippen LogP contribution in [0.2, 0.25) is 0 Å². The molecule has 8 heteroatoms. The molecule has 0 aliphatic carbocycles. The minimum Gasteiger partial charge on any atom is -0.353 e. The number of aryl methyl sites for hydroxylation is 1. The molecule has 5 nitrogen and oxygen atoms in total. The molecule has 1 atom stereocenters. The fourth-order valence-electron chi connectivity index (χ4n) is 3.97. The summed E-state index contributed by atoms with van der Waals surface area (Å²) >= 11 is 0. The first-order valence-corrected chi connectivity index (χ1v) is 11.2. The van der Waals surface area contributed by atoms with Crippen molar-refractivity contribution in [3.8, 4) is 0 Å². The first kappa shape index (κ1) is 20.7. The highest BCUT2D eigenvalue weighted by Crippen LogP contribution is 2.28. The van der Waals surface area contributed by atoms with Crippen LogP contribution in [0.4, 0.5) is 8.78 Å². The number of aromatic nitrogens is 1. The number of nitrogens with one attached hydrogen (secondary N) is 1. The third kappa shape index (κ3) is 4.16. The van der Waals surface area contributed by atoms with Crippen LogP contribution in [-0.2, 0) is 30.0 Å². The minimum absolute atomic E-state index is 0.0400. The molecule has 0 unspecified atom stereocenters. The molecular weight excluding hydrogens is 408 g/mol. The maximum absolute atomic E-state index is 14.0. The van der Waals surface area contributed by atoms with Crippen LogP contribution in [0.3, 0.4) is 0 Å². The SMILES string of the molecule is Cn1cccc1[C@H](CNS(=O)(=O)c1cc(F)ccc1F)N1CCc2ccccc2C1. The second-order valence-corrected chi connectivity index (χ2v) is 9.21. The van der Waals surface area contributed by atoms with Gasteiger partial charge in [0.05, 0.1) is 6.04 Å². The zero-order chi connectivity index (χ0) is 21.3. The Morgan fingerprint density at radius 3 is 2.57 bits per heavy atom. The van der Waals surface area contributed by atoms with Crippen LogP contribution in [0.5, 0.6) is 0 Å². The molecule has 0 amide bonds. The quantitative estimate of drug-likeness (QED) is 0.651. The van der Waals surface area contributed by atoms with Gasteiger partial charge in [-0.25, -0.2) is 21.9 Å². The zero-order valence-electron chi connectivity index (χ0n) is 16.6. The van der Waals surface area contributed by atoms with Gasteiger partial charge in [0.2, 0.25) is 10.0 Å². The highest BCUT2D eigenvalue weighted by molar-refractivity contribution is 7.89. The molecule has 2 heterocycles. The fourth-order valence-corrected chi connectivity index (χ4v) is 5.10. The van der Waals surface area contributed by atoms with Crippen LogP contribution in [-0.4, -0.2) is 31.0 Å².